The summed E-state index contributed by atoms with van der Waals surface area (Å²) < 4.78 is 38.5. The van der Waals surface area contributed by atoms with E-state index in [0.717, 1.165) is 70.5 Å². The normalized spacial score (nSPS) is 19.6. The van der Waals surface area contributed by atoms with Crippen LogP contribution in [0.15, 0.2) is 18.3 Å². The number of carbonyl (C=O) groups excluding carboxylic acids is 1. The average Bonchev–Trinajstić information content (AvgIpc) is 2.66. The van der Waals surface area contributed by atoms with E-state index in [4.69, 9.17) is 0 Å². The van der Waals surface area contributed by atoms with E-state index >= 15 is 0 Å². The van der Waals surface area contributed by atoms with E-state index < -0.39 is 11.7 Å². The van der Waals surface area contributed by atoms with Crippen LogP contribution < -0.4 is 4.90 Å². The number of piperidine rings is 1. The Kier molecular flexibility index (Phi) is 6.57. The van der Waals surface area contributed by atoms with Crippen LogP contribution in [0.5, 0.6) is 0 Å². The van der Waals surface area contributed by atoms with Gasteiger partial charge in [-0.2, -0.15) is 13.2 Å². The number of unbranched alkanes of at least 4 members (excludes halogenated alkanes) is 1. The fraction of sp³-hybridized carbons (Fsp3) is 0.684. The summed E-state index contributed by atoms with van der Waals surface area (Å²) in [7, 11) is 0. The molecule has 3 rings (SSSR count). The summed E-state index contributed by atoms with van der Waals surface area (Å²) in [5, 5.41) is 0. The number of pyridine rings is 1. The summed E-state index contributed by atoms with van der Waals surface area (Å²) in [6.07, 6.45) is 1.73. The van der Waals surface area contributed by atoms with Crippen molar-refractivity contribution in [2.75, 3.05) is 50.7 Å². The zero-order valence-electron chi connectivity index (χ0n) is 15.5. The smallest absolute Gasteiger partial charge is 0.354 e. The lowest BCUT2D eigenvalue weighted by Crippen LogP contribution is -2.47. The number of carbonyl (C=O) groups is 1. The maximum absolute atomic E-state index is 12.8. The highest BCUT2D eigenvalue weighted by molar-refractivity contribution is 5.76. The van der Waals surface area contributed by atoms with Gasteiger partial charge in [0, 0.05) is 51.9 Å². The summed E-state index contributed by atoms with van der Waals surface area (Å²) in [5.74, 6) is 0.677. The Balaban J connectivity index is 1.38. The first-order chi connectivity index (χ1) is 12.9. The number of alkyl halides is 3. The number of likely N-dealkylation sites (tertiary alicyclic amines) is 1. The van der Waals surface area contributed by atoms with Crippen molar-refractivity contribution in [3.63, 3.8) is 0 Å². The van der Waals surface area contributed by atoms with Gasteiger partial charge in [-0.1, -0.05) is 0 Å². The lowest BCUT2D eigenvalue weighted by Gasteiger charge is -2.35. The van der Waals surface area contributed by atoms with Crippen molar-refractivity contribution in [3.05, 3.63) is 23.9 Å². The van der Waals surface area contributed by atoms with Crippen LogP contribution in [0.3, 0.4) is 0 Å². The molecular weight excluding hydrogens is 357 g/mol. The van der Waals surface area contributed by atoms with Gasteiger partial charge < -0.3 is 9.80 Å². The van der Waals surface area contributed by atoms with Crippen LogP contribution in [0, 0.1) is 0 Å². The van der Waals surface area contributed by atoms with Gasteiger partial charge >= 0.3 is 6.18 Å². The van der Waals surface area contributed by atoms with Gasteiger partial charge in [0.05, 0.1) is 5.56 Å². The van der Waals surface area contributed by atoms with Crippen molar-refractivity contribution in [2.24, 2.45) is 0 Å². The molecule has 1 aromatic heterocycles. The van der Waals surface area contributed by atoms with Gasteiger partial charge in [-0.15, -0.1) is 0 Å². The number of rotatable bonds is 6. The molecule has 5 nitrogen and oxygen atoms in total. The van der Waals surface area contributed by atoms with Crippen molar-refractivity contribution in [3.8, 4) is 0 Å². The Labute approximate surface area is 158 Å². The van der Waals surface area contributed by atoms with E-state index in [1.807, 2.05) is 9.80 Å². The van der Waals surface area contributed by atoms with Gasteiger partial charge in [-0.3, -0.25) is 9.69 Å². The molecule has 0 atom stereocenters. The Morgan fingerprint density at radius 3 is 2.44 bits per heavy atom. The third-order valence-electron chi connectivity index (χ3n) is 5.34. The standard InChI is InChI=1S/C19H27F3N4O/c20-19(21,22)16-6-7-23-17(15-16)25-13-11-24(12-14-25)8-3-4-10-26-9-2-1-5-18(26)27/h6-7,15H,1-5,8-14H2. The molecule has 2 fully saturated rings. The number of amides is 1. The van der Waals surface area contributed by atoms with Crippen LogP contribution in [0.4, 0.5) is 19.0 Å². The number of piperazine rings is 1. The molecule has 0 N–H and O–H groups in total. The van der Waals surface area contributed by atoms with Crippen molar-refractivity contribution in [2.45, 2.75) is 38.3 Å². The Bertz CT molecular complexity index is 630. The van der Waals surface area contributed by atoms with Gasteiger partial charge in [-0.05, 0) is 44.4 Å². The summed E-state index contributed by atoms with van der Waals surface area (Å²) in [6.45, 7) is 5.69. The molecule has 0 radical (unpaired) electrons. The minimum atomic E-state index is -4.34. The summed E-state index contributed by atoms with van der Waals surface area (Å²) >= 11 is 0. The predicted octanol–water partition coefficient (Wildman–Crippen LogP) is 3.02. The van der Waals surface area contributed by atoms with E-state index in [9.17, 15) is 18.0 Å². The van der Waals surface area contributed by atoms with E-state index in [2.05, 4.69) is 9.88 Å². The van der Waals surface area contributed by atoms with Crippen LogP contribution in [-0.4, -0.2) is 66.5 Å². The van der Waals surface area contributed by atoms with Crippen LogP contribution in [0.1, 0.15) is 37.7 Å². The molecule has 0 bridgehead atoms. The SMILES string of the molecule is O=C1CCCCN1CCCCN1CCN(c2cc(C(F)(F)F)ccn2)CC1. The Morgan fingerprint density at radius 2 is 1.74 bits per heavy atom. The molecule has 3 heterocycles. The van der Waals surface area contributed by atoms with Gasteiger partial charge in [0.25, 0.3) is 0 Å². The fourth-order valence-corrected chi connectivity index (χ4v) is 3.70. The summed E-state index contributed by atoms with van der Waals surface area (Å²) in [6, 6.07) is 2.14. The molecule has 0 saturated carbocycles. The zero-order chi connectivity index (χ0) is 19.3. The highest BCUT2D eigenvalue weighted by Gasteiger charge is 2.31. The molecule has 2 saturated heterocycles. The molecule has 150 valence electrons. The number of hydrogen-bond acceptors (Lipinski definition) is 4. The van der Waals surface area contributed by atoms with Gasteiger partial charge in [0.1, 0.15) is 5.82 Å². The van der Waals surface area contributed by atoms with E-state index in [1.165, 1.54) is 6.20 Å². The molecule has 1 aromatic rings. The minimum absolute atomic E-state index is 0.281. The number of aromatic nitrogens is 1. The number of nitrogens with zero attached hydrogens (tertiary/aromatic N) is 4. The average molecular weight is 384 g/mol. The number of hydrogen-bond donors (Lipinski definition) is 0. The van der Waals surface area contributed by atoms with Gasteiger partial charge in [0.15, 0.2) is 0 Å². The number of halogens is 3. The lowest BCUT2D eigenvalue weighted by molar-refractivity contribution is -0.137. The largest absolute Gasteiger partial charge is 0.416 e. The van der Waals surface area contributed by atoms with Crippen molar-refractivity contribution < 1.29 is 18.0 Å². The van der Waals surface area contributed by atoms with E-state index in [-0.39, 0.29) is 5.91 Å². The molecule has 1 amide bonds. The third kappa shape index (κ3) is 5.57. The fourth-order valence-electron chi connectivity index (χ4n) is 3.70. The quantitative estimate of drug-likeness (QED) is 0.707. The maximum atomic E-state index is 12.8. The highest BCUT2D eigenvalue weighted by Crippen LogP contribution is 2.30. The minimum Gasteiger partial charge on any atom is -0.354 e. The molecule has 2 aliphatic heterocycles. The first-order valence-electron chi connectivity index (χ1n) is 9.72. The van der Waals surface area contributed by atoms with Crippen molar-refractivity contribution in [1.29, 1.82) is 0 Å². The second-order valence-electron chi connectivity index (χ2n) is 7.27. The molecule has 2 aliphatic rings. The Hall–Kier alpha value is -1.83. The van der Waals surface area contributed by atoms with Gasteiger partial charge in [-0.25, -0.2) is 4.98 Å². The van der Waals surface area contributed by atoms with E-state index in [0.29, 0.717) is 25.3 Å². The maximum Gasteiger partial charge on any atom is 0.416 e. The predicted molar refractivity (Wildman–Crippen MR) is 97.6 cm³/mol. The first-order valence-corrected chi connectivity index (χ1v) is 9.72. The second kappa shape index (κ2) is 8.91. The molecule has 0 unspecified atom stereocenters. The lowest BCUT2D eigenvalue weighted by atomic mass is 10.1. The topological polar surface area (TPSA) is 39.7 Å². The van der Waals surface area contributed by atoms with Crippen LogP contribution in [0.25, 0.3) is 0 Å². The summed E-state index contributed by atoms with van der Waals surface area (Å²) in [5.41, 5.74) is -0.651. The molecular formula is C19H27F3N4O. The third-order valence-corrected chi connectivity index (χ3v) is 5.34. The monoisotopic (exact) mass is 384 g/mol. The second-order valence-corrected chi connectivity index (χ2v) is 7.27. The molecule has 0 aromatic carbocycles. The first kappa shape index (κ1) is 19.9. The molecule has 27 heavy (non-hydrogen) atoms. The van der Waals surface area contributed by atoms with Crippen molar-refractivity contribution >= 4 is 11.7 Å². The summed E-state index contributed by atoms with van der Waals surface area (Å²) in [4.78, 5) is 22.1. The molecule has 8 heteroatoms. The van der Waals surface area contributed by atoms with Gasteiger partial charge in [0.2, 0.25) is 5.91 Å². The van der Waals surface area contributed by atoms with Crippen LogP contribution in [0.2, 0.25) is 0 Å². The van der Waals surface area contributed by atoms with Crippen molar-refractivity contribution in [1.82, 2.24) is 14.8 Å². The molecule has 0 spiro atoms. The Morgan fingerprint density at radius 1 is 1.00 bits per heavy atom. The number of anilines is 1. The zero-order valence-corrected chi connectivity index (χ0v) is 15.5. The highest BCUT2D eigenvalue weighted by atomic mass is 19.4. The van der Waals surface area contributed by atoms with E-state index in [1.54, 1.807) is 0 Å². The van der Waals surface area contributed by atoms with Crippen LogP contribution in [-0.2, 0) is 11.0 Å². The van der Waals surface area contributed by atoms with Crippen LogP contribution >= 0.6 is 0 Å². The molecule has 0 aliphatic carbocycles.